The molecule has 4 heterocycles. The van der Waals surface area contributed by atoms with Crippen molar-refractivity contribution in [3.8, 4) is 45.6 Å². The first-order valence-electron chi connectivity index (χ1n) is 15.4. The number of carbonyl (C=O) groups is 1. The van der Waals surface area contributed by atoms with Crippen LogP contribution in [0.4, 0.5) is 5.69 Å². The number of rotatable bonds is 8. The van der Waals surface area contributed by atoms with Crippen LogP contribution in [0.15, 0.2) is 42.5 Å². The summed E-state index contributed by atoms with van der Waals surface area (Å²) < 4.78 is 36.6. The fourth-order valence-electron chi connectivity index (χ4n) is 6.74. The van der Waals surface area contributed by atoms with Crippen LogP contribution in [0.5, 0.6) is 34.5 Å². The molecule has 0 aromatic heterocycles. The molecule has 0 saturated carbocycles. The van der Waals surface area contributed by atoms with Gasteiger partial charge in [0.15, 0.2) is 29.1 Å². The lowest BCUT2D eigenvalue weighted by molar-refractivity contribution is -0.325. The van der Waals surface area contributed by atoms with Gasteiger partial charge in [-0.3, -0.25) is 5.32 Å². The van der Waals surface area contributed by atoms with Crippen molar-refractivity contribution in [1.29, 1.82) is 0 Å². The van der Waals surface area contributed by atoms with E-state index in [0.717, 1.165) is 5.56 Å². The number of aliphatic hydroxyl groups excluding tert-OH is 4. The highest BCUT2D eigenvalue weighted by Gasteiger charge is 2.59. The summed E-state index contributed by atoms with van der Waals surface area (Å²) in [4.78, 5) is 11.9. The van der Waals surface area contributed by atoms with Crippen LogP contribution in [0, 0.1) is 0 Å². The Kier molecular flexibility index (Phi) is 8.14. The van der Waals surface area contributed by atoms with E-state index in [9.17, 15) is 35.4 Å². The van der Waals surface area contributed by atoms with Crippen LogP contribution in [0.3, 0.4) is 0 Å². The summed E-state index contributed by atoms with van der Waals surface area (Å²) in [5.74, 6) is -2.12. The molecule has 0 bridgehead atoms. The van der Waals surface area contributed by atoms with E-state index in [2.05, 4.69) is 10.6 Å². The third-order valence-corrected chi connectivity index (χ3v) is 9.02. The molecule has 48 heavy (non-hydrogen) atoms. The van der Waals surface area contributed by atoms with Crippen LogP contribution in [0.1, 0.15) is 30.1 Å². The Morgan fingerprint density at radius 1 is 1.15 bits per heavy atom. The van der Waals surface area contributed by atoms with Crippen molar-refractivity contribution < 1.29 is 63.9 Å². The first-order valence-corrected chi connectivity index (χ1v) is 15.4. The molecule has 8 atom stereocenters. The van der Waals surface area contributed by atoms with Crippen molar-refractivity contribution in [2.24, 2.45) is 0 Å². The number of benzene rings is 3. The average molecular weight is 669 g/mol. The molecule has 4 aliphatic rings. The monoisotopic (exact) mass is 668 g/mol. The molecule has 1 saturated heterocycles. The van der Waals surface area contributed by atoms with E-state index >= 15 is 0 Å². The number of methoxy groups -OCH3 is 1. The van der Waals surface area contributed by atoms with E-state index in [1.54, 1.807) is 37.3 Å². The Bertz CT molecular complexity index is 1730. The van der Waals surface area contributed by atoms with Crippen molar-refractivity contribution in [1.82, 2.24) is 5.32 Å². The van der Waals surface area contributed by atoms with Crippen LogP contribution in [0.25, 0.3) is 11.1 Å². The molecular formula is C33H36N2O13. The van der Waals surface area contributed by atoms with Gasteiger partial charge < -0.3 is 64.4 Å². The largest absolute Gasteiger partial charge is 0.508 e. The number of hydrogen-bond donors (Lipinski definition) is 8. The summed E-state index contributed by atoms with van der Waals surface area (Å²) in [5, 5.41) is 67.6. The number of nitrogens with one attached hydrogen (secondary N) is 2. The number of phenols is 1. The van der Waals surface area contributed by atoms with Crippen molar-refractivity contribution in [3.63, 3.8) is 0 Å². The van der Waals surface area contributed by atoms with Crippen LogP contribution in [-0.4, -0.2) is 106 Å². The van der Waals surface area contributed by atoms with Gasteiger partial charge in [-0.25, -0.2) is 4.79 Å². The second-order valence-corrected chi connectivity index (χ2v) is 12.2. The standard InChI is InChI=1S/C33H36N2O13/c1-14(36)10-34-13-45-20-7-6-17-19-11-44-29-22(26(19)46-27(17)28(20)43-2)18(15-4-3-5-16(37)8-15)9-21-23(29)35-12-33(47-21)31(40)25(39)24(38)30(48-33)32(41)42/h3-9,14,19,24-26,30-31,34-40H,10-13H2,1-2H3,(H,41,42)/t14-,19-,24-,25-,26-,30-,31+,33+/m0/s1. The predicted octanol–water partition coefficient (Wildman–Crippen LogP) is 1.05. The summed E-state index contributed by atoms with van der Waals surface area (Å²) in [6, 6.07) is 11.8. The van der Waals surface area contributed by atoms with Gasteiger partial charge in [-0.15, -0.1) is 0 Å². The molecular weight excluding hydrogens is 632 g/mol. The zero-order valence-corrected chi connectivity index (χ0v) is 26.0. The van der Waals surface area contributed by atoms with Gasteiger partial charge >= 0.3 is 5.97 Å². The Balaban J connectivity index is 1.29. The maximum Gasteiger partial charge on any atom is 0.335 e. The fourth-order valence-corrected chi connectivity index (χ4v) is 6.74. The van der Waals surface area contributed by atoms with Crippen molar-refractivity contribution in [2.75, 3.05) is 38.9 Å². The number of aliphatic hydroxyl groups is 4. The van der Waals surface area contributed by atoms with Crippen LogP contribution in [0.2, 0.25) is 0 Å². The molecule has 4 aliphatic heterocycles. The Morgan fingerprint density at radius 2 is 1.96 bits per heavy atom. The maximum absolute atomic E-state index is 11.9. The molecule has 1 fully saturated rings. The number of hydrogen-bond acceptors (Lipinski definition) is 14. The van der Waals surface area contributed by atoms with Crippen LogP contribution in [-0.2, 0) is 9.53 Å². The van der Waals surface area contributed by atoms with Gasteiger partial charge in [0.2, 0.25) is 5.75 Å². The Labute approximate surface area is 274 Å². The van der Waals surface area contributed by atoms with E-state index in [1.165, 1.54) is 13.2 Å². The van der Waals surface area contributed by atoms with Gasteiger partial charge in [-0.1, -0.05) is 18.2 Å². The third kappa shape index (κ3) is 5.19. The number of aromatic hydroxyl groups is 1. The highest BCUT2D eigenvalue weighted by Crippen LogP contribution is 2.61. The van der Waals surface area contributed by atoms with Crippen LogP contribution >= 0.6 is 0 Å². The number of carboxylic acid groups (broad SMARTS) is 1. The first-order chi connectivity index (χ1) is 23.0. The highest BCUT2D eigenvalue weighted by molar-refractivity contribution is 5.84. The summed E-state index contributed by atoms with van der Waals surface area (Å²) in [6.45, 7) is 2.02. The minimum Gasteiger partial charge on any atom is -0.508 e. The molecule has 15 heteroatoms. The quantitative estimate of drug-likeness (QED) is 0.124. The second-order valence-electron chi connectivity index (χ2n) is 12.2. The normalized spacial score (nSPS) is 28.7. The van der Waals surface area contributed by atoms with Crippen molar-refractivity contribution in [3.05, 3.63) is 53.6 Å². The number of aliphatic carboxylic acids is 1. The predicted molar refractivity (Wildman–Crippen MR) is 166 cm³/mol. The highest BCUT2D eigenvalue weighted by atomic mass is 16.7. The average Bonchev–Trinajstić information content (AvgIpc) is 3.45. The molecule has 0 unspecified atom stereocenters. The summed E-state index contributed by atoms with van der Waals surface area (Å²) in [6.07, 6.45) is -8.62. The first kappa shape index (κ1) is 32.1. The Morgan fingerprint density at radius 3 is 2.69 bits per heavy atom. The molecule has 1 spiro atoms. The number of phenolic OH excluding ortho intramolecular Hbond substituents is 1. The van der Waals surface area contributed by atoms with E-state index in [4.69, 9.17) is 28.4 Å². The number of fused-ring (bicyclic) bond motifs is 7. The zero-order chi connectivity index (χ0) is 33.9. The van der Waals surface area contributed by atoms with Crippen LogP contribution < -0.4 is 34.3 Å². The van der Waals surface area contributed by atoms with E-state index in [-0.39, 0.29) is 37.3 Å². The van der Waals surface area contributed by atoms with Crippen molar-refractivity contribution >= 4 is 11.7 Å². The summed E-state index contributed by atoms with van der Waals surface area (Å²) in [7, 11) is 1.51. The summed E-state index contributed by atoms with van der Waals surface area (Å²) >= 11 is 0. The van der Waals surface area contributed by atoms with E-state index < -0.39 is 48.4 Å². The Hall–Kier alpha value is -4.51. The number of carboxylic acids is 1. The maximum atomic E-state index is 11.9. The van der Waals surface area contributed by atoms with Gasteiger partial charge in [0.25, 0.3) is 5.79 Å². The molecule has 3 aromatic carbocycles. The van der Waals surface area contributed by atoms with E-state index in [1.807, 2.05) is 6.07 Å². The second kappa shape index (κ2) is 12.2. The molecule has 0 aliphatic carbocycles. The lowest BCUT2D eigenvalue weighted by Gasteiger charge is -2.49. The molecule has 0 radical (unpaired) electrons. The zero-order valence-electron chi connectivity index (χ0n) is 26.0. The summed E-state index contributed by atoms with van der Waals surface area (Å²) in [5.41, 5.74) is 2.96. The van der Waals surface area contributed by atoms with Gasteiger partial charge in [0, 0.05) is 17.7 Å². The van der Waals surface area contributed by atoms with Gasteiger partial charge in [-0.2, -0.15) is 0 Å². The minimum atomic E-state index is -2.08. The number of ether oxygens (including phenoxy) is 6. The van der Waals surface area contributed by atoms with E-state index in [0.29, 0.717) is 51.9 Å². The molecule has 0 amide bonds. The van der Waals surface area contributed by atoms with Gasteiger partial charge in [-0.05, 0) is 42.3 Å². The lowest BCUT2D eigenvalue weighted by atomic mass is 9.84. The lowest BCUT2D eigenvalue weighted by Crippen LogP contribution is -2.71. The third-order valence-electron chi connectivity index (χ3n) is 9.02. The van der Waals surface area contributed by atoms with Gasteiger partial charge in [0.1, 0.15) is 42.6 Å². The SMILES string of the molecule is COc1c(OCNC[C@H](C)O)ccc2c1O[C@@H]1c3c(-c4cccc(O)c4)cc4c(c3OC[C@@H]21)NC[C@@]1(O4)O[C@H](C(=O)O)[C@@H](O)[C@H](O)[C@H]1O. The van der Waals surface area contributed by atoms with Crippen molar-refractivity contribution in [2.45, 2.75) is 55.3 Å². The molecule has 3 aromatic rings. The molecule has 7 rings (SSSR count). The smallest absolute Gasteiger partial charge is 0.335 e. The number of anilines is 1. The van der Waals surface area contributed by atoms with Gasteiger partial charge in [0.05, 0.1) is 32.3 Å². The topological polar surface area (TPSA) is 218 Å². The minimum absolute atomic E-state index is 0.00139. The molecule has 15 nitrogen and oxygen atoms in total. The fraction of sp³-hybridized carbons (Fsp3) is 0.424. The molecule has 8 N–H and O–H groups in total. The molecule has 256 valence electrons.